The molecule has 5 N–H and O–H groups in total. The number of rotatable bonds is 11. The minimum atomic E-state index is 0.516. The maximum atomic E-state index is 6.03. The largest absolute Gasteiger partial charge is 0.492 e. The number of allylic oxidation sites excluding steroid dienone is 3. The SMILES string of the molecule is C=C(Nc1ccc(N2CC3CC2CN3)cn1)c1cccc(CNc2ncc(/C(C)=C/C=N\C(N)=C\CC)c3c2CCO3)c1. The van der Waals surface area contributed by atoms with E-state index in [1.807, 2.05) is 44.5 Å². The minimum Gasteiger partial charge on any atom is -0.492 e. The highest BCUT2D eigenvalue weighted by Crippen LogP contribution is 2.37. The van der Waals surface area contributed by atoms with Crippen molar-refractivity contribution in [1.82, 2.24) is 15.3 Å². The number of aliphatic imine (C=N–C) groups is 1. The summed E-state index contributed by atoms with van der Waals surface area (Å²) in [4.78, 5) is 16.2. The van der Waals surface area contributed by atoms with Gasteiger partial charge in [0.15, 0.2) is 0 Å². The summed E-state index contributed by atoms with van der Waals surface area (Å²) in [5, 5.41) is 10.5. The van der Waals surface area contributed by atoms with E-state index >= 15 is 0 Å². The van der Waals surface area contributed by atoms with Gasteiger partial charge >= 0.3 is 0 Å². The van der Waals surface area contributed by atoms with Crippen LogP contribution in [-0.4, -0.2) is 48.0 Å². The number of aromatic nitrogens is 2. The van der Waals surface area contributed by atoms with Gasteiger partial charge in [-0.15, -0.1) is 0 Å². The Kier molecular flexibility index (Phi) is 8.42. The molecule has 0 saturated carbocycles. The van der Waals surface area contributed by atoms with Crippen molar-refractivity contribution in [2.45, 2.75) is 51.7 Å². The summed E-state index contributed by atoms with van der Waals surface area (Å²) in [5.74, 6) is 3.04. The molecule has 222 valence electrons. The smallest absolute Gasteiger partial charge is 0.135 e. The van der Waals surface area contributed by atoms with E-state index in [1.54, 1.807) is 6.21 Å². The van der Waals surface area contributed by atoms with Gasteiger partial charge in [-0.25, -0.2) is 15.0 Å². The molecule has 2 unspecified atom stereocenters. The summed E-state index contributed by atoms with van der Waals surface area (Å²) in [7, 11) is 0. The summed E-state index contributed by atoms with van der Waals surface area (Å²) in [6.07, 6.45) is 12.3. The maximum absolute atomic E-state index is 6.03. The average Bonchev–Trinajstić information content (AvgIpc) is 3.79. The lowest BCUT2D eigenvalue weighted by Gasteiger charge is -2.29. The fourth-order valence-electron chi connectivity index (χ4n) is 6.00. The first-order valence-electron chi connectivity index (χ1n) is 15.0. The van der Waals surface area contributed by atoms with Crippen LogP contribution in [0.1, 0.15) is 48.9 Å². The molecular weight excluding hydrogens is 536 g/mol. The normalized spacial score (nSPS) is 19.5. The Balaban J connectivity index is 1.08. The first kappa shape index (κ1) is 28.5. The molecule has 9 heteroatoms. The number of hydrogen-bond acceptors (Lipinski definition) is 9. The molecule has 3 aliphatic heterocycles. The van der Waals surface area contributed by atoms with Crippen LogP contribution in [-0.2, 0) is 13.0 Å². The molecule has 0 aliphatic carbocycles. The van der Waals surface area contributed by atoms with Crippen LogP contribution in [0.2, 0.25) is 0 Å². The summed E-state index contributed by atoms with van der Waals surface area (Å²) >= 11 is 0. The van der Waals surface area contributed by atoms with Crippen molar-refractivity contribution in [2.24, 2.45) is 10.7 Å². The monoisotopic (exact) mass is 576 g/mol. The van der Waals surface area contributed by atoms with E-state index in [0.717, 1.165) is 76.8 Å². The predicted molar refractivity (Wildman–Crippen MR) is 176 cm³/mol. The number of nitrogens with two attached hydrogens (primary N) is 1. The van der Waals surface area contributed by atoms with Crippen molar-refractivity contribution in [3.8, 4) is 5.75 Å². The molecule has 3 aromatic rings. The number of pyridine rings is 2. The van der Waals surface area contributed by atoms with Crippen LogP contribution in [0.4, 0.5) is 17.3 Å². The lowest BCUT2D eigenvalue weighted by molar-refractivity contribution is 0.356. The van der Waals surface area contributed by atoms with E-state index < -0.39 is 0 Å². The Morgan fingerprint density at radius 2 is 2.16 bits per heavy atom. The van der Waals surface area contributed by atoms with Gasteiger partial charge in [0.1, 0.15) is 23.2 Å². The van der Waals surface area contributed by atoms with Crippen LogP contribution >= 0.6 is 0 Å². The van der Waals surface area contributed by atoms with Crippen molar-refractivity contribution in [1.29, 1.82) is 0 Å². The lowest BCUT2D eigenvalue weighted by Crippen LogP contribution is -2.43. The fourth-order valence-corrected chi connectivity index (χ4v) is 6.00. The molecule has 5 heterocycles. The van der Waals surface area contributed by atoms with Gasteiger partial charge in [0.2, 0.25) is 0 Å². The van der Waals surface area contributed by atoms with Gasteiger partial charge in [0.05, 0.1) is 18.5 Å². The van der Waals surface area contributed by atoms with E-state index in [1.165, 1.54) is 12.1 Å². The van der Waals surface area contributed by atoms with E-state index in [4.69, 9.17) is 15.5 Å². The molecule has 0 spiro atoms. The number of ether oxygens (including phenoxy) is 1. The molecule has 1 aromatic carbocycles. The van der Waals surface area contributed by atoms with E-state index in [-0.39, 0.29) is 0 Å². The molecule has 2 saturated heterocycles. The van der Waals surface area contributed by atoms with Crippen molar-refractivity contribution in [2.75, 3.05) is 35.2 Å². The molecular formula is C34H40N8O. The van der Waals surface area contributed by atoms with Gasteiger partial charge in [-0.05, 0) is 66.8 Å². The molecule has 43 heavy (non-hydrogen) atoms. The molecule has 2 fully saturated rings. The third-order valence-corrected chi connectivity index (χ3v) is 8.26. The Morgan fingerprint density at radius 1 is 1.26 bits per heavy atom. The zero-order valence-electron chi connectivity index (χ0n) is 24.9. The van der Waals surface area contributed by atoms with Gasteiger partial charge in [0, 0.05) is 67.4 Å². The van der Waals surface area contributed by atoms with Gasteiger partial charge < -0.3 is 31.3 Å². The summed E-state index contributed by atoms with van der Waals surface area (Å²) in [6.45, 7) is 11.7. The van der Waals surface area contributed by atoms with Crippen LogP contribution in [0.15, 0.2) is 78.3 Å². The van der Waals surface area contributed by atoms with Crippen LogP contribution in [0.3, 0.4) is 0 Å². The highest BCUT2D eigenvalue weighted by atomic mass is 16.5. The van der Waals surface area contributed by atoms with Crippen LogP contribution < -0.4 is 31.3 Å². The third-order valence-electron chi connectivity index (χ3n) is 8.26. The fraction of sp³-hybridized carbons (Fsp3) is 0.324. The second-order valence-electron chi connectivity index (χ2n) is 11.3. The van der Waals surface area contributed by atoms with E-state index in [0.29, 0.717) is 31.1 Å². The quantitative estimate of drug-likeness (QED) is 0.226. The number of nitrogens with one attached hydrogen (secondary N) is 3. The summed E-state index contributed by atoms with van der Waals surface area (Å²) in [5.41, 5.74) is 13.1. The highest BCUT2D eigenvalue weighted by Gasteiger charge is 2.37. The first-order valence-corrected chi connectivity index (χ1v) is 15.0. The summed E-state index contributed by atoms with van der Waals surface area (Å²) < 4.78 is 6.03. The number of fused-ring (bicyclic) bond motifs is 3. The van der Waals surface area contributed by atoms with Crippen LogP contribution in [0.25, 0.3) is 11.3 Å². The number of nitrogens with zero attached hydrogens (tertiary/aromatic N) is 4. The second kappa shape index (κ2) is 12.7. The topological polar surface area (TPSA) is 113 Å². The molecule has 6 rings (SSSR count). The zero-order valence-corrected chi connectivity index (χ0v) is 24.9. The maximum Gasteiger partial charge on any atom is 0.135 e. The molecule has 9 nitrogen and oxygen atoms in total. The number of hydrogen-bond donors (Lipinski definition) is 4. The average molecular weight is 577 g/mol. The van der Waals surface area contributed by atoms with Crippen LogP contribution in [0.5, 0.6) is 5.75 Å². The van der Waals surface area contributed by atoms with Gasteiger partial charge in [-0.3, -0.25) is 0 Å². The molecule has 2 atom stereocenters. The van der Waals surface area contributed by atoms with Gasteiger partial charge in [-0.2, -0.15) is 0 Å². The molecule has 2 bridgehead atoms. The van der Waals surface area contributed by atoms with E-state index in [2.05, 4.69) is 67.7 Å². The van der Waals surface area contributed by atoms with Gasteiger partial charge in [0.25, 0.3) is 0 Å². The van der Waals surface area contributed by atoms with Crippen molar-refractivity contribution < 1.29 is 4.74 Å². The minimum absolute atomic E-state index is 0.516. The van der Waals surface area contributed by atoms with Crippen molar-refractivity contribution in [3.05, 3.63) is 95.6 Å². The number of benzene rings is 1. The molecule has 0 radical (unpaired) electrons. The highest BCUT2D eigenvalue weighted by molar-refractivity contribution is 5.86. The van der Waals surface area contributed by atoms with Crippen LogP contribution in [0, 0.1) is 0 Å². The Hall–Kier alpha value is -4.63. The van der Waals surface area contributed by atoms with Crippen molar-refractivity contribution in [3.63, 3.8) is 0 Å². The third kappa shape index (κ3) is 6.41. The summed E-state index contributed by atoms with van der Waals surface area (Å²) in [6, 6.07) is 13.7. The first-order chi connectivity index (χ1) is 21.0. The molecule has 0 amide bonds. The van der Waals surface area contributed by atoms with E-state index in [9.17, 15) is 0 Å². The Bertz CT molecular complexity index is 1580. The number of piperazine rings is 1. The van der Waals surface area contributed by atoms with Crippen molar-refractivity contribution >= 4 is 34.8 Å². The number of anilines is 3. The Morgan fingerprint density at radius 3 is 2.93 bits per heavy atom. The molecule has 2 aromatic heterocycles. The zero-order chi connectivity index (χ0) is 29.8. The molecule has 3 aliphatic rings. The predicted octanol–water partition coefficient (Wildman–Crippen LogP) is 5.34. The Labute approximate surface area is 253 Å². The lowest BCUT2D eigenvalue weighted by atomic mass is 10.0. The van der Waals surface area contributed by atoms with Gasteiger partial charge in [-0.1, -0.05) is 31.7 Å². The standard InChI is InChI=1S/C34H40N8O/c1-4-6-31(35)36-13-11-22(2)30-20-40-34(29-12-14-43-33(29)30)39-17-24-7-5-8-25(15-24)23(3)41-32-10-9-27(18-38-32)42-21-26-16-28(42)19-37-26/h5-11,13,15,18,20,26,28,37H,3-4,12,14,16-17,19,21,35H2,1-2H3,(H,38,41)(H,39,40)/b22-11+,31-6+,36-13-. The second-order valence-corrected chi connectivity index (χ2v) is 11.3.